The van der Waals surface area contributed by atoms with Crippen LogP contribution in [-0.2, 0) is 6.42 Å². The van der Waals surface area contributed by atoms with Crippen molar-refractivity contribution in [3.63, 3.8) is 0 Å². The predicted octanol–water partition coefficient (Wildman–Crippen LogP) is 5.65. The molecule has 8 nitrogen and oxygen atoms in total. The maximum Gasteiger partial charge on any atom is 0.259 e. The molecule has 1 aromatic carbocycles. The Morgan fingerprint density at radius 2 is 1.97 bits per heavy atom. The summed E-state index contributed by atoms with van der Waals surface area (Å²) in [5.41, 5.74) is 10.2. The van der Waals surface area contributed by atoms with Crippen molar-refractivity contribution in [1.29, 1.82) is 0 Å². The SMILES string of the molecule is CCCCc1c(-c2nc(Nc3ccc(OCCN4CCCC4)cc3)nc3[nH]ccc23)sc(C(N)=O)c1C. The average Bonchev–Trinajstić information content (AvgIpc) is 3.64. The number of likely N-dealkylation sites (tertiary alicyclic amines) is 1. The van der Waals surface area contributed by atoms with E-state index in [-0.39, 0.29) is 0 Å². The summed E-state index contributed by atoms with van der Waals surface area (Å²) in [6.07, 6.45) is 7.41. The van der Waals surface area contributed by atoms with Crippen LogP contribution in [0.1, 0.15) is 53.4 Å². The number of fused-ring (bicyclic) bond motifs is 1. The van der Waals surface area contributed by atoms with Crippen LogP contribution in [0, 0.1) is 6.92 Å². The van der Waals surface area contributed by atoms with E-state index >= 15 is 0 Å². The van der Waals surface area contributed by atoms with Crippen molar-refractivity contribution in [3.8, 4) is 16.3 Å². The molecule has 4 heterocycles. The lowest BCUT2D eigenvalue weighted by atomic mass is 10.0. The molecule has 3 aromatic heterocycles. The average molecular weight is 519 g/mol. The molecule has 1 amide bonds. The zero-order valence-electron chi connectivity index (χ0n) is 21.5. The second-order valence-corrected chi connectivity index (χ2v) is 10.5. The highest BCUT2D eigenvalue weighted by molar-refractivity contribution is 7.17. The number of nitrogens with one attached hydrogen (secondary N) is 2. The molecule has 0 radical (unpaired) electrons. The number of aromatic nitrogens is 3. The maximum atomic E-state index is 12.1. The number of H-pyrrole nitrogens is 1. The topological polar surface area (TPSA) is 109 Å². The van der Waals surface area contributed by atoms with Crippen molar-refractivity contribution in [3.05, 3.63) is 52.5 Å². The van der Waals surface area contributed by atoms with Crippen molar-refractivity contribution in [1.82, 2.24) is 19.9 Å². The minimum Gasteiger partial charge on any atom is -0.492 e. The highest BCUT2D eigenvalue weighted by Crippen LogP contribution is 2.39. The number of anilines is 2. The Labute approximate surface area is 221 Å². The smallest absolute Gasteiger partial charge is 0.259 e. The van der Waals surface area contributed by atoms with E-state index in [9.17, 15) is 4.79 Å². The number of hydrogen-bond acceptors (Lipinski definition) is 7. The minimum absolute atomic E-state index is 0.396. The van der Waals surface area contributed by atoms with E-state index in [4.69, 9.17) is 15.5 Å². The molecule has 0 spiro atoms. The summed E-state index contributed by atoms with van der Waals surface area (Å²) in [7, 11) is 0. The van der Waals surface area contributed by atoms with Gasteiger partial charge in [-0.3, -0.25) is 9.69 Å². The predicted molar refractivity (Wildman–Crippen MR) is 150 cm³/mol. The van der Waals surface area contributed by atoms with Gasteiger partial charge in [-0.05, 0) is 87.2 Å². The summed E-state index contributed by atoms with van der Waals surface area (Å²) >= 11 is 1.42. The molecule has 0 unspecified atom stereocenters. The number of primary amides is 1. The van der Waals surface area contributed by atoms with Crippen molar-refractivity contribution < 1.29 is 9.53 Å². The molecule has 0 saturated carbocycles. The second kappa shape index (κ2) is 11.3. The molecule has 1 aliphatic rings. The first-order valence-corrected chi connectivity index (χ1v) is 13.8. The fraction of sp³-hybridized carbons (Fsp3) is 0.393. The number of ether oxygens (including phenoxy) is 1. The van der Waals surface area contributed by atoms with E-state index < -0.39 is 5.91 Å². The molecule has 1 aliphatic heterocycles. The van der Waals surface area contributed by atoms with Crippen LogP contribution in [-0.4, -0.2) is 52.0 Å². The van der Waals surface area contributed by atoms with E-state index in [0.717, 1.165) is 70.0 Å². The van der Waals surface area contributed by atoms with Gasteiger partial charge in [0, 0.05) is 23.8 Å². The Balaban J connectivity index is 1.39. The van der Waals surface area contributed by atoms with Crippen LogP contribution >= 0.6 is 11.3 Å². The molecule has 4 aromatic rings. The lowest BCUT2D eigenvalue weighted by Crippen LogP contribution is -2.25. The first-order valence-electron chi connectivity index (χ1n) is 13.0. The van der Waals surface area contributed by atoms with Crippen LogP contribution in [0.25, 0.3) is 21.6 Å². The zero-order chi connectivity index (χ0) is 25.8. The molecule has 0 bridgehead atoms. The number of benzene rings is 1. The molecule has 0 aliphatic carbocycles. The molecule has 0 atom stereocenters. The van der Waals surface area contributed by atoms with Crippen LogP contribution in [0.2, 0.25) is 0 Å². The largest absolute Gasteiger partial charge is 0.492 e. The number of nitrogens with two attached hydrogens (primary N) is 1. The monoisotopic (exact) mass is 518 g/mol. The number of aromatic amines is 1. The number of amides is 1. The second-order valence-electron chi connectivity index (χ2n) is 9.51. The summed E-state index contributed by atoms with van der Waals surface area (Å²) in [4.78, 5) is 29.0. The van der Waals surface area contributed by atoms with Crippen LogP contribution in [0.3, 0.4) is 0 Å². The Hall–Kier alpha value is -3.43. The third-order valence-corrected chi connectivity index (χ3v) is 8.25. The van der Waals surface area contributed by atoms with E-state index in [1.54, 1.807) is 0 Å². The Morgan fingerprint density at radius 1 is 1.19 bits per heavy atom. The van der Waals surface area contributed by atoms with Crippen molar-refractivity contribution in [2.24, 2.45) is 5.73 Å². The molecule has 37 heavy (non-hydrogen) atoms. The van der Waals surface area contributed by atoms with Gasteiger partial charge < -0.3 is 20.8 Å². The lowest BCUT2D eigenvalue weighted by Gasteiger charge is -2.15. The first kappa shape index (κ1) is 25.2. The number of hydrogen-bond donors (Lipinski definition) is 3. The summed E-state index contributed by atoms with van der Waals surface area (Å²) in [5.74, 6) is 0.938. The van der Waals surface area contributed by atoms with Crippen molar-refractivity contribution >= 4 is 39.9 Å². The maximum absolute atomic E-state index is 12.1. The molecule has 5 rings (SSSR count). The molecule has 4 N–H and O–H groups in total. The van der Waals surface area contributed by atoms with Gasteiger partial charge >= 0.3 is 0 Å². The van der Waals surface area contributed by atoms with Gasteiger partial charge in [0.15, 0.2) is 0 Å². The number of nitrogens with zero attached hydrogens (tertiary/aromatic N) is 3. The Kier molecular flexibility index (Phi) is 7.71. The fourth-order valence-corrected chi connectivity index (χ4v) is 6.07. The third-order valence-electron chi connectivity index (χ3n) is 6.89. The number of unbranched alkanes of at least 4 members (excludes halogenated alkanes) is 1. The quantitative estimate of drug-likeness (QED) is 0.237. The number of thiophene rings is 1. The standard InChI is InChI=1S/C28H34N6O2S/c1-3-4-7-21-18(2)24(26(29)35)37-25(21)23-22-12-13-30-27(22)33-28(32-23)31-19-8-10-20(11-9-19)36-17-16-34-14-5-6-15-34/h8-13H,3-7,14-17H2,1-2H3,(H2,29,35)(H2,30,31,32,33). The van der Waals surface area contributed by atoms with E-state index in [2.05, 4.69) is 27.1 Å². The zero-order valence-corrected chi connectivity index (χ0v) is 22.3. The summed E-state index contributed by atoms with van der Waals surface area (Å²) < 4.78 is 5.93. The van der Waals surface area contributed by atoms with Gasteiger partial charge in [0.2, 0.25) is 5.95 Å². The fourth-order valence-electron chi connectivity index (χ4n) is 4.86. The van der Waals surface area contributed by atoms with Gasteiger partial charge in [-0.15, -0.1) is 11.3 Å². The molecule has 194 valence electrons. The van der Waals surface area contributed by atoms with Crippen LogP contribution in [0.15, 0.2) is 36.5 Å². The van der Waals surface area contributed by atoms with Gasteiger partial charge in [0.1, 0.15) is 18.0 Å². The van der Waals surface area contributed by atoms with Gasteiger partial charge in [-0.1, -0.05) is 13.3 Å². The highest BCUT2D eigenvalue weighted by Gasteiger charge is 2.22. The Morgan fingerprint density at radius 3 is 2.70 bits per heavy atom. The lowest BCUT2D eigenvalue weighted by molar-refractivity contribution is 0.100. The van der Waals surface area contributed by atoms with E-state index in [1.807, 2.05) is 43.5 Å². The van der Waals surface area contributed by atoms with Gasteiger partial charge in [0.05, 0.1) is 15.4 Å². The highest BCUT2D eigenvalue weighted by atomic mass is 32.1. The number of carbonyl (C=O) groups excluding carboxylic acids is 1. The van der Waals surface area contributed by atoms with E-state index in [1.165, 1.54) is 37.3 Å². The molecule has 1 saturated heterocycles. The van der Waals surface area contributed by atoms with E-state index in [0.29, 0.717) is 17.4 Å². The van der Waals surface area contributed by atoms with Crippen LogP contribution in [0.4, 0.5) is 11.6 Å². The molecular weight excluding hydrogens is 484 g/mol. The first-order chi connectivity index (χ1) is 18.0. The summed E-state index contributed by atoms with van der Waals surface area (Å²) in [6, 6.07) is 9.85. The Bertz CT molecular complexity index is 1370. The molecule has 9 heteroatoms. The summed E-state index contributed by atoms with van der Waals surface area (Å²) in [5, 5.41) is 4.26. The summed E-state index contributed by atoms with van der Waals surface area (Å²) in [6.45, 7) is 8.15. The van der Waals surface area contributed by atoms with Gasteiger partial charge in [-0.2, -0.15) is 4.98 Å². The van der Waals surface area contributed by atoms with Gasteiger partial charge in [0.25, 0.3) is 5.91 Å². The molecular formula is C28H34N6O2S. The van der Waals surface area contributed by atoms with Gasteiger partial charge in [-0.25, -0.2) is 4.98 Å². The number of rotatable bonds is 11. The number of carbonyl (C=O) groups is 1. The molecule has 1 fully saturated rings. The van der Waals surface area contributed by atoms with Crippen LogP contribution < -0.4 is 15.8 Å². The third kappa shape index (κ3) is 5.62. The van der Waals surface area contributed by atoms with Crippen molar-refractivity contribution in [2.45, 2.75) is 46.0 Å². The van der Waals surface area contributed by atoms with Crippen LogP contribution in [0.5, 0.6) is 5.75 Å². The normalized spacial score (nSPS) is 13.9. The van der Waals surface area contributed by atoms with Crippen molar-refractivity contribution in [2.75, 3.05) is 31.6 Å². The minimum atomic E-state index is -0.396.